The lowest BCUT2D eigenvalue weighted by molar-refractivity contribution is -0.137. The van der Waals surface area contributed by atoms with Gasteiger partial charge in [0.15, 0.2) is 0 Å². The molecule has 0 heterocycles. The predicted molar refractivity (Wildman–Crippen MR) is 115 cm³/mol. The van der Waals surface area contributed by atoms with E-state index in [1.54, 1.807) is 36.4 Å². The molecule has 6 nitrogen and oxygen atoms in total. The number of carbonyl (C=O) groups excluding carboxylic acids is 2. The van der Waals surface area contributed by atoms with E-state index in [-0.39, 0.29) is 11.1 Å². The summed E-state index contributed by atoms with van der Waals surface area (Å²) in [6.07, 6.45) is 1.49. The van der Waals surface area contributed by atoms with Crippen LogP contribution in [0, 0.1) is 0 Å². The van der Waals surface area contributed by atoms with E-state index in [4.69, 9.17) is 5.11 Å². The third kappa shape index (κ3) is 6.87. The van der Waals surface area contributed by atoms with Gasteiger partial charge in [-0.15, -0.1) is 0 Å². The van der Waals surface area contributed by atoms with Crippen molar-refractivity contribution in [2.24, 2.45) is 0 Å². The Labute approximate surface area is 178 Å². The van der Waals surface area contributed by atoms with Gasteiger partial charge in [0.05, 0.1) is 0 Å². The van der Waals surface area contributed by atoms with Crippen LogP contribution < -0.4 is 10.6 Å². The van der Waals surface area contributed by atoms with E-state index < -0.39 is 24.3 Å². The topological polar surface area (TPSA) is 95.5 Å². The quantitative estimate of drug-likeness (QED) is 0.574. The standard InChI is InChI=1S/C22H23BrN2O4/c1-22(2,3)16-8-6-15(7-9-16)20(28)25-18(21(29)24-13-19(26)27)12-14-4-10-17(23)11-5-14/h4-12H,13H2,1-3H3,(H,24,29)(H,25,28)(H,26,27)/b18-12+. The summed E-state index contributed by atoms with van der Waals surface area (Å²) in [5.74, 6) is -2.32. The number of aliphatic carboxylic acids is 1. The van der Waals surface area contributed by atoms with E-state index >= 15 is 0 Å². The average molecular weight is 459 g/mol. The number of carboxylic acid groups (broad SMARTS) is 1. The summed E-state index contributed by atoms with van der Waals surface area (Å²) < 4.78 is 0.870. The molecule has 3 N–H and O–H groups in total. The molecule has 152 valence electrons. The van der Waals surface area contributed by atoms with Crippen LogP contribution in [0.25, 0.3) is 6.08 Å². The van der Waals surface area contributed by atoms with Gasteiger partial charge in [-0.1, -0.05) is 61.0 Å². The molecule has 7 heteroatoms. The van der Waals surface area contributed by atoms with E-state index in [2.05, 4.69) is 47.3 Å². The van der Waals surface area contributed by atoms with Gasteiger partial charge in [-0.2, -0.15) is 0 Å². The van der Waals surface area contributed by atoms with Crippen LogP contribution in [0.2, 0.25) is 0 Å². The number of hydrogen-bond donors (Lipinski definition) is 3. The molecule has 0 aromatic heterocycles. The van der Waals surface area contributed by atoms with E-state index in [9.17, 15) is 14.4 Å². The molecule has 0 fully saturated rings. The first-order chi connectivity index (χ1) is 13.6. The summed E-state index contributed by atoms with van der Waals surface area (Å²) in [5.41, 5.74) is 2.07. The number of rotatable bonds is 6. The second-order valence-electron chi connectivity index (χ2n) is 7.47. The number of nitrogens with one attached hydrogen (secondary N) is 2. The molecule has 0 saturated heterocycles. The molecular weight excluding hydrogens is 436 g/mol. The second kappa shape index (κ2) is 9.52. The molecule has 0 aliphatic rings. The molecule has 0 aliphatic carbocycles. The Kier molecular flexibility index (Phi) is 7.34. The van der Waals surface area contributed by atoms with Crippen LogP contribution in [-0.4, -0.2) is 29.4 Å². The molecular formula is C22H23BrN2O4. The van der Waals surface area contributed by atoms with Gasteiger partial charge < -0.3 is 15.7 Å². The number of carbonyl (C=O) groups is 3. The fourth-order valence-corrected chi connectivity index (χ4v) is 2.72. The van der Waals surface area contributed by atoms with Crippen molar-refractivity contribution in [3.8, 4) is 0 Å². The Balaban J connectivity index is 2.26. The van der Waals surface area contributed by atoms with E-state index in [1.165, 1.54) is 6.08 Å². The van der Waals surface area contributed by atoms with Gasteiger partial charge in [0, 0.05) is 10.0 Å². The highest BCUT2D eigenvalue weighted by Crippen LogP contribution is 2.22. The maximum Gasteiger partial charge on any atom is 0.322 e. The van der Waals surface area contributed by atoms with Gasteiger partial charge in [-0.3, -0.25) is 14.4 Å². The molecule has 2 rings (SSSR count). The van der Waals surface area contributed by atoms with Gasteiger partial charge in [0.25, 0.3) is 11.8 Å². The van der Waals surface area contributed by atoms with Gasteiger partial charge >= 0.3 is 5.97 Å². The summed E-state index contributed by atoms with van der Waals surface area (Å²) >= 11 is 3.34. The molecule has 29 heavy (non-hydrogen) atoms. The molecule has 0 saturated carbocycles. The molecule has 0 atom stereocenters. The van der Waals surface area contributed by atoms with Crippen LogP contribution in [0.5, 0.6) is 0 Å². The van der Waals surface area contributed by atoms with E-state index in [0.717, 1.165) is 10.0 Å². The highest BCUT2D eigenvalue weighted by molar-refractivity contribution is 9.10. The SMILES string of the molecule is CC(C)(C)c1ccc(C(=O)N/C(=C/c2ccc(Br)cc2)C(=O)NCC(=O)O)cc1. The molecule has 0 radical (unpaired) electrons. The Morgan fingerprint density at radius 3 is 2.10 bits per heavy atom. The largest absolute Gasteiger partial charge is 0.480 e. The smallest absolute Gasteiger partial charge is 0.322 e. The first kappa shape index (κ1) is 22.4. The molecule has 2 aromatic rings. The van der Waals surface area contributed by atoms with Gasteiger partial charge in [-0.05, 0) is 46.9 Å². The first-order valence-electron chi connectivity index (χ1n) is 8.95. The maximum atomic E-state index is 12.6. The Morgan fingerprint density at radius 1 is 1.00 bits per heavy atom. The van der Waals surface area contributed by atoms with Crippen molar-refractivity contribution in [2.75, 3.05) is 6.54 Å². The zero-order valence-electron chi connectivity index (χ0n) is 16.5. The number of hydrogen-bond acceptors (Lipinski definition) is 3. The van der Waals surface area contributed by atoms with Crippen LogP contribution in [0.15, 0.2) is 58.7 Å². The minimum Gasteiger partial charge on any atom is -0.480 e. The van der Waals surface area contributed by atoms with Gasteiger partial charge in [-0.25, -0.2) is 0 Å². The lowest BCUT2D eigenvalue weighted by atomic mass is 9.87. The Hall–Kier alpha value is -2.93. The van der Waals surface area contributed by atoms with Crippen molar-refractivity contribution in [3.05, 3.63) is 75.4 Å². The van der Waals surface area contributed by atoms with Gasteiger partial charge in [0.1, 0.15) is 12.2 Å². The highest BCUT2D eigenvalue weighted by atomic mass is 79.9. The number of amides is 2. The fourth-order valence-electron chi connectivity index (χ4n) is 2.45. The van der Waals surface area contributed by atoms with E-state index in [1.807, 2.05) is 12.1 Å². The molecule has 0 unspecified atom stereocenters. The average Bonchev–Trinajstić information content (AvgIpc) is 2.66. The van der Waals surface area contributed by atoms with Crippen molar-refractivity contribution in [1.29, 1.82) is 0 Å². The summed E-state index contributed by atoms with van der Waals surface area (Å²) in [6, 6.07) is 14.3. The maximum absolute atomic E-state index is 12.6. The third-order valence-corrected chi connectivity index (χ3v) is 4.62. The minimum absolute atomic E-state index is 0.0431. The van der Waals surface area contributed by atoms with Crippen LogP contribution in [0.1, 0.15) is 42.3 Å². The number of benzene rings is 2. The number of halogens is 1. The van der Waals surface area contributed by atoms with Crippen molar-refractivity contribution < 1.29 is 19.5 Å². The summed E-state index contributed by atoms with van der Waals surface area (Å²) in [4.78, 5) is 35.8. The van der Waals surface area contributed by atoms with Crippen LogP contribution in [0.3, 0.4) is 0 Å². The van der Waals surface area contributed by atoms with Crippen molar-refractivity contribution in [3.63, 3.8) is 0 Å². The van der Waals surface area contributed by atoms with Crippen LogP contribution >= 0.6 is 15.9 Å². The molecule has 2 amide bonds. The lowest BCUT2D eigenvalue weighted by Crippen LogP contribution is -2.37. The van der Waals surface area contributed by atoms with Crippen molar-refractivity contribution in [2.45, 2.75) is 26.2 Å². The minimum atomic E-state index is -1.18. The van der Waals surface area contributed by atoms with E-state index in [0.29, 0.717) is 11.1 Å². The summed E-state index contributed by atoms with van der Waals surface area (Å²) in [6.45, 7) is 5.68. The highest BCUT2D eigenvalue weighted by Gasteiger charge is 2.17. The Bertz CT molecular complexity index is 927. The molecule has 0 aliphatic heterocycles. The lowest BCUT2D eigenvalue weighted by Gasteiger charge is -2.19. The number of carboxylic acids is 1. The van der Waals surface area contributed by atoms with Gasteiger partial charge in [0.2, 0.25) is 0 Å². The molecule has 0 spiro atoms. The fraction of sp³-hybridized carbons (Fsp3) is 0.227. The third-order valence-electron chi connectivity index (χ3n) is 4.09. The summed E-state index contributed by atoms with van der Waals surface area (Å²) in [5, 5.41) is 13.6. The van der Waals surface area contributed by atoms with Crippen LogP contribution in [-0.2, 0) is 15.0 Å². The van der Waals surface area contributed by atoms with Crippen LogP contribution in [0.4, 0.5) is 0 Å². The Morgan fingerprint density at radius 2 is 1.59 bits per heavy atom. The molecule has 0 bridgehead atoms. The second-order valence-corrected chi connectivity index (χ2v) is 8.38. The zero-order valence-corrected chi connectivity index (χ0v) is 18.0. The van der Waals surface area contributed by atoms with Crippen molar-refractivity contribution >= 4 is 39.8 Å². The predicted octanol–water partition coefficient (Wildman–Crippen LogP) is 3.72. The first-order valence-corrected chi connectivity index (χ1v) is 9.75. The molecule has 2 aromatic carbocycles. The normalized spacial score (nSPS) is 11.7. The monoisotopic (exact) mass is 458 g/mol. The summed E-state index contributed by atoms with van der Waals surface area (Å²) in [7, 11) is 0. The zero-order chi connectivity index (χ0) is 21.6. The van der Waals surface area contributed by atoms with Crippen molar-refractivity contribution in [1.82, 2.24) is 10.6 Å².